The molecule has 3 rings (SSSR count). The van der Waals surface area contributed by atoms with Gasteiger partial charge < -0.3 is 9.52 Å². The first-order valence-electron chi connectivity index (χ1n) is 6.87. The number of phenols is 1. The highest BCUT2D eigenvalue weighted by Crippen LogP contribution is 2.18. The van der Waals surface area contributed by atoms with Crippen LogP contribution in [0, 0.1) is 0 Å². The van der Waals surface area contributed by atoms with Crippen molar-refractivity contribution in [2.75, 3.05) is 0 Å². The van der Waals surface area contributed by atoms with Gasteiger partial charge >= 0.3 is 0 Å². The minimum absolute atomic E-state index is 0.0999. The van der Waals surface area contributed by atoms with Gasteiger partial charge in [-0.05, 0) is 31.2 Å². The number of H-pyrrole nitrogens is 1. The topological polar surface area (TPSA) is 104 Å². The zero-order valence-electron chi connectivity index (χ0n) is 12.3. The van der Waals surface area contributed by atoms with E-state index in [-0.39, 0.29) is 11.4 Å². The van der Waals surface area contributed by atoms with Gasteiger partial charge in [-0.3, -0.25) is 9.89 Å². The molecule has 0 aliphatic rings. The quantitative estimate of drug-likeness (QED) is 0.509. The minimum atomic E-state index is -0.464. The van der Waals surface area contributed by atoms with Crippen LogP contribution in [0.2, 0.25) is 0 Å². The predicted octanol–water partition coefficient (Wildman–Crippen LogP) is 2.53. The number of rotatable bonds is 4. The molecule has 0 aliphatic heterocycles. The number of carbonyl (C=O) groups excluding carboxylic acids is 1. The van der Waals surface area contributed by atoms with Crippen LogP contribution in [0.1, 0.15) is 23.0 Å². The lowest BCUT2D eigenvalue weighted by atomic mass is 10.1. The molecule has 0 unspecified atom stereocenters. The molecule has 3 aromatic rings. The largest absolute Gasteiger partial charge is 0.507 e. The Kier molecular flexibility index (Phi) is 3.92. The van der Waals surface area contributed by atoms with E-state index in [9.17, 15) is 9.90 Å². The molecule has 7 nitrogen and oxygen atoms in total. The lowest BCUT2D eigenvalue weighted by Crippen LogP contribution is -2.19. The number of aromatic amines is 1. The maximum atomic E-state index is 12.1. The Balaban J connectivity index is 1.72. The van der Waals surface area contributed by atoms with Gasteiger partial charge in [-0.15, -0.1) is 0 Å². The van der Waals surface area contributed by atoms with Crippen molar-refractivity contribution in [2.24, 2.45) is 5.10 Å². The van der Waals surface area contributed by atoms with Crippen LogP contribution in [0.3, 0.4) is 0 Å². The minimum Gasteiger partial charge on any atom is -0.507 e. The van der Waals surface area contributed by atoms with Gasteiger partial charge in [-0.2, -0.15) is 10.2 Å². The third kappa shape index (κ3) is 3.13. The lowest BCUT2D eigenvalue weighted by molar-refractivity contribution is 0.0950. The Labute approximate surface area is 131 Å². The molecule has 0 spiro atoms. The number of hydrogen-bond donors (Lipinski definition) is 3. The number of aromatic nitrogens is 2. The summed E-state index contributed by atoms with van der Waals surface area (Å²) in [6.07, 6.45) is 1.54. The highest BCUT2D eigenvalue weighted by atomic mass is 16.3. The van der Waals surface area contributed by atoms with Crippen LogP contribution in [0.4, 0.5) is 0 Å². The predicted molar refractivity (Wildman–Crippen MR) is 84.1 cm³/mol. The molecular formula is C16H14N4O3. The summed E-state index contributed by atoms with van der Waals surface area (Å²) in [6.45, 7) is 1.69. The molecular weight excluding hydrogens is 296 g/mol. The Hall–Kier alpha value is -3.35. The van der Waals surface area contributed by atoms with Gasteiger partial charge in [0.25, 0.3) is 5.91 Å². The van der Waals surface area contributed by atoms with Gasteiger partial charge in [0.15, 0.2) is 11.5 Å². The summed E-state index contributed by atoms with van der Waals surface area (Å²) in [6, 6.07) is 11.8. The number of para-hydroxylation sites is 1. The van der Waals surface area contributed by atoms with E-state index in [1.54, 1.807) is 49.4 Å². The standard InChI is InChI=1S/C16H14N4O3/c1-10(11-5-2-3-6-14(11)21)17-20-16(22)13-9-12(18-19-13)15-7-4-8-23-15/h2-9,21H,1H3,(H,18,19)(H,20,22)/b17-10+. The van der Waals surface area contributed by atoms with E-state index in [1.165, 1.54) is 6.26 Å². The van der Waals surface area contributed by atoms with E-state index in [2.05, 4.69) is 20.7 Å². The molecule has 0 bridgehead atoms. The molecule has 23 heavy (non-hydrogen) atoms. The molecule has 116 valence electrons. The SMILES string of the molecule is C/C(=N\NC(=O)c1cc(-c2ccco2)[nH]n1)c1ccccc1O. The third-order valence-corrected chi connectivity index (χ3v) is 3.22. The van der Waals surface area contributed by atoms with E-state index in [1.807, 2.05) is 0 Å². The van der Waals surface area contributed by atoms with Gasteiger partial charge in [0, 0.05) is 11.6 Å². The number of amides is 1. The summed E-state index contributed by atoms with van der Waals surface area (Å²) in [7, 11) is 0. The van der Waals surface area contributed by atoms with E-state index in [0.29, 0.717) is 22.7 Å². The van der Waals surface area contributed by atoms with Crippen LogP contribution in [-0.2, 0) is 0 Å². The smallest absolute Gasteiger partial charge is 0.291 e. The second-order valence-corrected chi connectivity index (χ2v) is 4.80. The fourth-order valence-electron chi connectivity index (χ4n) is 2.03. The van der Waals surface area contributed by atoms with Gasteiger partial charge in [0.1, 0.15) is 11.4 Å². The fraction of sp³-hybridized carbons (Fsp3) is 0.0625. The molecule has 2 aromatic heterocycles. The average Bonchev–Trinajstić information content (AvgIpc) is 3.23. The molecule has 3 N–H and O–H groups in total. The molecule has 1 aromatic carbocycles. The van der Waals surface area contributed by atoms with Gasteiger partial charge in [-0.1, -0.05) is 12.1 Å². The van der Waals surface area contributed by atoms with Crippen LogP contribution >= 0.6 is 0 Å². The van der Waals surface area contributed by atoms with Crippen LogP contribution < -0.4 is 5.43 Å². The van der Waals surface area contributed by atoms with Crippen molar-refractivity contribution in [2.45, 2.75) is 6.92 Å². The number of carbonyl (C=O) groups is 1. The van der Waals surface area contributed by atoms with Crippen molar-refractivity contribution in [3.63, 3.8) is 0 Å². The Morgan fingerprint density at radius 1 is 1.30 bits per heavy atom. The summed E-state index contributed by atoms with van der Waals surface area (Å²) in [4.78, 5) is 12.1. The molecule has 7 heteroatoms. The summed E-state index contributed by atoms with van der Waals surface area (Å²) in [5.41, 5.74) is 4.22. The second-order valence-electron chi connectivity index (χ2n) is 4.80. The molecule has 0 atom stereocenters. The number of nitrogens with one attached hydrogen (secondary N) is 2. The Morgan fingerprint density at radius 2 is 2.13 bits per heavy atom. The van der Waals surface area contributed by atoms with E-state index >= 15 is 0 Å². The fourth-order valence-corrected chi connectivity index (χ4v) is 2.03. The van der Waals surface area contributed by atoms with Gasteiger partial charge in [0.2, 0.25) is 0 Å². The maximum absolute atomic E-state index is 12.1. The van der Waals surface area contributed by atoms with Crippen LogP contribution in [0.5, 0.6) is 5.75 Å². The van der Waals surface area contributed by atoms with Crippen LogP contribution in [0.25, 0.3) is 11.5 Å². The number of hydrogen-bond acceptors (Lipinski definition) is 5. The summed E-state index contributed by atoms with van der Waals surface area (Å²) in [5.74, 6) is 0.224. The monoisotopic (exact) mass is 310 g/mol. The Bertz CT molecular complexity index is 850. The van der Waals surface area contributed by atoms with Crippen molar-refractivity contribution in [3.05, 3.63) is 60.0 Å². The third-order valence-electron chi connectivity index (χ3n) is 3.22. The zero-order valence-corrected chi connectivity index (χ0v) is 12.3. The maximum Gasteiger partial charge on any atom is 0.291 e. The molecule has 2 heterocycles. The highest BCUT2D eigenvalue weighted by Gasteiger charge is 2.12. The van der Waals surface area contributed by atoms with Crippen LogP contribution in [0.15, 0.2) is 58.2 Å². The highest BCUT2D eigenvalue weighted by molar-refractivity contribution is 6.02. The molecule has 0 saturated heterocycles. The van der Waals surface area contributed by atoms with E-state index < -0.39 is 5.91 Å². The number of furan rings is 1. The van der Waals surface area contributed by atoms with Crippen LogP contribution in [-0.4, -0.2) is 26.9 Å². The number of phenolic OH excluding ortho intramolecular Hbond substituents is 1. The molecule has 0 fully saturated rings. The van der Waals surface area contributed by atoms with Crippen molar-refractivity contribution in [1.29, 1.82) is 0 Å². The van der Waals surface area contributed by atoms with E-state index in [4.69, 9.17) is 4.42 Å². The molecule has 0 saturated carbocycles. The molecule has 0 aliphatic carbocycles. The van der Waals surface area contributed by atoms with Gasteiger partial charge in [0.05, 0.1) is 12.0 Å². The summed E-state index contributed by atoms with van der Waals surface area (Å²) < 4.78 is 5.22. The molecule has 0 radical (unpaired) electrons. The first kappa shape index (κ1) is 14.6. The lowest BCUT2D eigenvalue weighted by Gasteiger charge is -2.03. The average molecular weight is 310 g/mol. The number of benzene rings is 1. The molecule has 1 amide bonds. The first-order chi connectivity index (χ1) is 11.1. The van der Waals surface area contributed by atoms with E-state index in [0.717, 1.165) is 0 Å². The van der Waals surface area contributed by atoms with Crippen molar-refractivity contribution in [3.8, 4) is 17.2 Å². The zero-order chi connectivity index (χ0) is 16.2. The Morgan fingerprint density at radius 3 is 2.87 bits per heavy atom. The summed E-state index contributed by atoms with van der Waals surface area (Å²) >= 11 is 0. The number of aromatic hydroxyl groups is 1. The van der Waals surface area contributed by atoms with Crippen molar-refractivity contribution < 1.29 is 14.3 Å². The first-order valence-corrected chi connectivity index (χ1v) is 6.87. The second kappa shape index (κ2) is 6.18. The normalized spacial score (nSPS) is 11.4. The number of nitrogens with zero attached hydrogens (tertiary/aromatic N) is 2. The van der Waals surface area contributed by atoms with Gasteiger partial charge in [-0.25, -0.2) is 5.43 Å². The summed E-state index contributed by atoms with van der Waals surface area (Å²) in [5, 5.41) is 20.4. The van der Waals surface area contributed by atoms with Crippen molar-refractivity contribution >= 4 is 11.6 Å². The number of hydrazone groups is 1. The van der Waals surface area contributed by atoms with Crippen molar-refractivity contribution in [1.82, 2.24) is 15.6 Å².